The summed E-state index contributed by atoms with van der Waals surface area (Å²) in [6.07, 6.45) is 4.41. The Hall–Kier alpha value is -4.47. The van der Waals surface area contributed by atoms with E-state index >= 15 is 0 Å². The van der Waals surface area contributed by atoms with Crippen molar-refractivity contribution >= 4 is 51.9 Å². The molecule has 9 nitrogen and oxygen atoms in total. The molecule has 5 aromatic rings. The van der Waals surface area contributed by atoms with Crippen LogP contribution in [0.2, 0.25) is 10.0 Å². The number of amides is 2. The van der Waals surface area contributed by atoms with Crippen LogP contribution in [0.4, 0.5) is 10.5 Å². The summed E-state index contributed by atoms with van der Waals surface area (Å²) in [5, 5.41) is 21.9. The van der Waals surface area contributed by atoms with Crippen molar-refractivity contribution in [2.75, 3.05) is 5.32 Å². The number of fused-ring (bicyclic) bond motifs is 1. The van der Waals surface area contributed by atoms with Gasteiger partial charge >= 0.3 is 6.03 Å². The maximum Gasteiger partial charge on any atom is 0.342 e. The van der Waals surface area contributed by atoms with Crippen molar-refractivity contribution in [2.45, 2.75) is 31.7 Å². The van der Waals surface area contributed by atoms with Gasteiger partial charge in [0.15, 0.2) is 0 Å². The number of hydrogen-bond acceptors (Lipinski definition) is 6. The third-order valence-corrected chi connectivity index (χ3v) is 7.83. The molecule has 2 aromatic heterocycles. The first-order valence-electron chi connectivity index (χ1n) is 13.0. The number of hydrogen-bond donors (Lipinski definition) is 3. The molecule has 1 saturated carbocycles. The van der Waals surface area contributed by atoms with Crippen molar-refractivity contribution < 1.29 is 14.7 Å². The van der Waals surface area contributed by atoms with Crippen LogP contribution in [0.15, 0.2) is 72.9 Å². The lowest BCUT2D eigenvalue weighted by Crippen LogP contribution is -2.31. The number of aromatic nitrogens is 4. The molecule has 206 valence electrons. The van der Waals surface area contributed by atoms with E-state index in [1.54, 1.807) is 36.4 Å². The lowest BCUT2D eigenvalue weighted by atomic mass is 9.82. The van der Waals surface area contributed by atoms with Crippen molar-refractivity contribution in [1.82, 2.24) is 25.1 Å². The third-order valence-electron chi connectivity index (χ3n) is 7.09. The van der Waals surface area contributed by atoms with Gasteiger partial charge in [0, 0.05) is 29.8 Å². The highest BCUT2D eigenvalue weighted by molar-refractivity contribution is 6.42. The fraction of sp³-hybridized carbons (Fsp3) is 0.167. The van der Waals surface area contributed by atoms with Gasteiger partial charge in [-0.25, -0.2) is 9.78 Å². The van der Waals surface area contributed by atoms with E-state index in [0.717, 1.165) is 30.5 Å². The number of halogens is 2. The molecule has 3 N–H and O–H groups in total. The molecule has 11 heteroatoms. The Morgan fingerprint density at radius 1 is 0.976 bits per heavy atom. The van der Waals surface area contributed by atoms with Gasteiger partial charge in [-0.05, 0) is 60.9 Å². The molecule has 0 aliphatic heterocycles. The normalized spacial score (nSPS) is 13.1. The predicted octanol–water partition coefficient (Wildman–Crippen LogP) is 6.78. The molecule has 2 heterocycles. The SMILES string of the molecule is O=C(Nc1ccc(-c2cc(C3CCC3)n(C(=O)NCc3ccc(Cl)c(Cl)c3)n2)c(O)c1)c1cnc2ccccc2n1. The van der Waals surface area contributed by atoms with Crippen LogP contribution in [-0.4, -0.2) is 36.8 Å². The molecule has 0 saturated heterocycles. The van der Waals surface area contributed by atoms with E-state index in [0.29, 0.717) is 38.0 Å². The Morgan fingerprint density at radius 3 is 2.51 bits per heavy atom. The van der Waals surface area contributed by atoms with Gasteiger partial charge in [-0.15, -0.1) is 0 Å². The number of para-hydroxylation sites is 2. The number of nitrogens with zero attached hydrogens (tertiary/aromatic N) is 4. The standard InChI is InChI=1S/C30H24Cl2N6O3/c31-21-11-8-17(12-22(21)32)15-34-30(41)38-27(18-4-3-5-18)14-25(37-38)20-10-9-19(13-28(20)39)35-29(40)26-16-33-23-6-1-2-7-24(23)36-26/h1-2,6-14,16,18,39H,3-5,15H2,(H,34,41)(H,35,40). The van der Waals surface area contributed by atoms with Gasteiger partial charge in [0.2, 0.25) is 0 Å². The average Bonchev–Trinajstić information content (AvgIpc) is 3.36. The van der Waals surface area contributed by atoms with E-state index in [2.05, 4.69) is 25.7 Å². The number of rotatable bonds is 6. The van der Waals surface area contributed by atoms with Crippen molar-refractivity contribution in [2.24, 2.45) is 0 Å². The zero-order valence-electron chi connectivity index (χ0n) is 21.6. The quantitative estimate of drug-likeness (QED) is 0.201. The Morgan fingerprint density at radius 2 is 1.78 bits per heavy atom. The van der Waals surface area contributed by atoms with Crippen molar-refractivity contribution in [1.29, 1.82) is 0 Å². The molecule has 0 atom stereocenters. The van der Waals surface area contributed by atoms with Crippen LogP contribution in [0, 0.1) is 0 Å². The number of anilines is 1. The van der Waals surface area contributed by atoms with Crippen molar-refractivity contribution in [3.8, 4) is 17.0 Å². The Bertz CT molecular complexity index is 1800. The van der Waals surface area contributed by atoms with Crippen LogP contribution in [0.25, 0.3) is 22.3 Å². The Kier molecular flexibility index (Phi) is 7.30. The maximum absolute atomic E-state index is 13.2. The summed E-state index contributed by atoms with van der Waals surface area (Å²) in [7, 11) is 0. The molecule has 3 aromatic carbocycles. The molecule has 0 radical (unpaired) electrons. The van der Waals surface area contributed by atoms with E-state index in [1.807, 2.05) is 24.3 Å². The fourth-order valence-corrected chi connectivity index (χ4v) is 5.00. The second-order valence-corrected chi connectivity index (χ2v) is 10.6. The topological polar surface area (TPSA) is 122 Å². The maximum atomic E-state index is 13.2. The van der Waals surface area contributed by atoms with Crippen molar-refractivity contribution in [3.63, 3.8) is 0 Å². The summed E-state index contributed by atoms with van der Waals surface area (Å²) < 4.78 is 1.37. The molecule has 41 heavy (non-hydrogen) atoms. The lowest BCUT2D eigenvalue weighted by Gasteiger charge is -2.25. The predicted molar refractivity (Wildman–Crippen MR) is 158 cm³/mol. The van der Waals surface area contributed by atoms with Crippen LogP contribution in [0.5, 0.6) is 5.75 Å². The van der Waals surface area contributed by atoms with Crippen LogP contribution < -0.4 is 10.6 Å². The molecule has 2 amide bonds. The van der Waals surface area contributed by atoms with Gasteiger partial charge in [-0.1, -0.05) is 47.8 Å². The number of carbonyl (C=O) groups is 2. The monoisotopic (exact) mass is 586 g/mol. The van der Waals surface area contributed by atoms with Gasteiger partial charge < -0.3 is 15.7 Å². The van der Waals surface area contributed by atoms with Gasteiger partial charge in [0.25, 0.3) is 5.91 Å². The Balaban J connectivity index is 1.21. The van der Waals surface area contributed by atoms with Crippen LogP contribution in [0.1, 0.15) is 46.9 Å². The van der Waals surface area contributed by atoms with Crippen molar-refractivity contribution in [3.05, 3.63) is 99.9 Å². The fourth-order valence-electron chi connectivity index (χ4n) is 4.67. The molecular formula is C30H24Cl2N6O3. The van der Waals surface area contributed by atoms with E-state index in [4.69, 9.17) is 23.2 Å². The minimum Gasteiger partial charge on any atom is -0.507 e. The molecule has 0 spiro atoms. The highest BCUT2D eigenvalue weighted by Gasteiger charge is 2.27. The zero-order valence-corrected chi connectivity index (χ0v) is 23.2. The Labute approximate surface area is 245 Å². The summed E-state index contributed by atoms with van der Waals surface area (Å²) >= 11 is 12.1. The summed E-state index contributed by atoms with van der Waals surface area (Å²) in [4.78, 5) is 34.6. The molecule has 0 unspecified atom stereocenters. The number of phenolic OH excluding ortho intramolecular Hbond substituents is 1. The van der Waals surface area contributed by atoms with Gasteiger partial charge in [-0.3, -0.25) is 9.78 Å². The number of phenols is 1. The first kappa shape index (κ1) is 26.7. The van der Waals surface area contributed by atoms with E-state index in [1.165, 1.54) is 16.9 Å². The third kappa shape index (κ3) is 5.59. The van der Waals surface area contributed by atoms with Crippen LogP contribution in [-0.2, 0) is 6.54 Å². The largest absolute Gasteiger partial charge is 0.507 e. The number of benzene rings is 3. The molecule has 1 aliphatic rings. The minimum atomic E-state index is -0.453. The lowest BCUT2D eigenvalue weighted by molar-refractivity contribution is 0.102. The molecule has 1 aliphatic carbocycles. The molecule has 0 bridgehead atoms. The summed E-state index contributed by atoms with van der Waals surface area (Å²) in [5.74, 6) is -0.338. The van der Waals surface area contributed by atoms with Gasteiger partial charge in [0.1, 0.15) is 11.4 Å². The van der Waals surface area contributed by atoms with E-state index < -0.39 is 5.91 Å². The minimum absolute atomic E-state index is 0.0894. The van der Waals surface area contributed by atoms with Gasteiger partial charge in [-0.2, -0.15) is 9.78 Å². The number of nitrogens with one attached hydrogen (secondary N) is 2. The summed E-state index contributed by atoms with van der Waals surface area (Å²) in [6, 6.07) is 18.7. The summed E-state index contributed by atoms with van der Waals surface area (Å²) in [6.45, 7) is 0.246. The first-order valence-corrected chi connectivity index (χ1v) is 13.8. The molecule has 6 rings (SSSR count). The van der Waals surface area contributed by atoms with Crippen LogP contribution in [0.3, 0.4) is 0 Å². The van der Waals surface area contributed by atoms with E-state index in [-0.39, 0.29) is 29.9 Å². The second kappa shape index (κ2) is 11.2. The highest BCUT2D eigenvalue weighted by Crippen LogP contribution is 2.39. The zero-order chi connectivity index (χ0) is 28.5. The average molecular weight is 587 g/mol. The first-order chi connectivity index (χ1) is 19.9. The van der Waals surface area contributed by atoms with E-state index in [9.17, 15) is 14.7 Å². The molecular weight excluding hydrogens is 563 g/mol. The number of carbonyl (C=O) groups excluding carboxylic acids is 2. The number of aromatic hydroxyl groups is 1. The highest BCUT2D eigenvalue weighted by atomic mass is 35.5. The molecule has 1 fully saturated rings. The van der Waals surface area contributed by atoms with Crippen LogP contribution >= 0.6 is 23.2 Å². The second-order valence-electron chi connectivity index (χ2n) is 9.83. The smallest absolute Gasteiger partial charge is 0.342 e. The van der Waals surface area contributed by atoms with Gasteiger partial charge in [0.05, 0.1) is 38.7 Å². The summed E-state index contributed by atoms with van der Waals surface area (Å²) in [5.41, 5.74) is 4.30.